The van der Waals surface area contributed by atoms with Crippen LogP contribution < -0.4 is 10.6 Å². The Morgan fingerprint density at radius 3 is 2.45 bits per heavy atom. The van der Waals surface area contributed by atoms with Crippen molar-refractivity contribution in [1.29, 1.82) is 0 Å². The summed E-state index contributed by atoms with van der Waals surface area (Å²) >= 11 is 1.42. The summed E-state index contributed by atoms with van der Waals surface area (Å²) in [6, 6.07) is 20.2. The van der Waals surface area contributed by atoms with Gasteiger partial charge in [-0.3, -0.25) is 14.9 Å². The number of nitrogens with one attached hydrogen (secondary N) is 2. The fourth-order valence-corrected chi connectivity index (χ4v) is 3.98. The molecule has 0 radical (unpaired) electrons. The predicted molar refractivity (Wildman–Crippen MR) is 118 cm³/mol. The molecule has 0 bridgehead atoms. The van der Waals surface area contributed by atoms with E-state index in [1.807, 2.05) is 44.2 Å². The molecule has 5 nitrogen and oxygen atoms in total. The van der Waals surface area contributed by atoms with Crippen LogP contribution in [0.5, 0.6) is 0 Å². The standard InChI is InChI=1S/C23H19N3O2S/c1-14-6-5-7-16(12-14)21(27)24-18-9-4-3-8-17(18)22(28)26-23-25-19-11-10-15(2)13-20(19)29-23/h3-13H,1-2H3,(H,24,27)(H,25,26,28). The SMILES string of the molecule is Cc1cccc(C(=O)Nc2ccccc2C(=O)Nc2nc3ccc(C)cc3s2)c1. The number of aromatic nitrogens is 1. The van der Waals surface area contributed by atoms with Gasteiger partial charge < -0.3 is 5.32 Å². The van der Waals surface area contributed by atoms with E-state index in [1.165, 1.54) is 11.3 Å². The lowest BCUT2D eigenvalue weighted by Gasteiger charge is -2.11. The number of aryl methyl sites for hydroxylation is 2. The molecule has 3 aromatic carbocycles. The zero-order chi connectivity index (χ0) is 20.4. The number of nitrogens with zero attached hydrogens (tertiary/aromatic N) is 1. The van der Waals surface area contributed by atoms with Crippen LogP contribution in [0.15, 0.2) is 66.7 Å². The molecule has 0 atom stereocenters. The van der Waals surface area contributed by atoms with Crippen LogP contribution in [0.25, 0.3) is 10.2 Å². The monoisotopic (exact) mass is 401 g/mol. The normalized spacial score (nSPS) is 10.7. The molecule has 6 heteroatoms. The maximum Gasteiger partial charge on any atom is 0.259 e. The first kappa shape index (κ1) is 18.8. The van der Waals surface area contributed by atoms with Gasteiger partial charge in [0.15, 0.2) is 5.13 Å². The van der Waals surface area contributed by atoms with Crippen LogP contribution in [0.4, 0.5) is 10.8 Å². The summed E-state index contributed by atoms with van der Waals surface area (Å²) in [5.74, 6) is -0.578. The third-order valence-corrected chi connectivity index (χ3v) is 5.40. The molecule has 4 aromatic rings. The third-order valence-electron chi connectivity index (χ3n) is 4.46. The van der Waals surface area contributed by atoms with E-state index < -0.39 is 0 Å². The first-order valence-electron chi connectivity index (χ1n) is 9.15. The number of amides is 2. The fraction of sp³-hybridized carbons (Fsp3) is 0.0870. The number of benzene rings is 3. The van der Waals surface area contributed by atoms with Crippen LogP contribution in [-0.2, 0) is 0 Å². The molecule has 1 aromatic heterocycles. The molecule has 0 fully saturated rings. The Kier molecular flexibility index (Phi) is 5.10. The van der Waals surface area contributed by atoms with Crippen LogP contribution in [0.2, 0.25) is 0 Å². The summed E-state index contributed by atoms with van der Waals surface area (Å²) in [5, 5.41) is 6.21. The molecule has 0 saturated carbocycles. The Morgan fingerprint density at radius 1 is 0.828 bits per heavy atom. The molecule has 0 spiro atoms. The van der Waals surface area contributed by atoms with E-state index in [0.29, 0.717) is 21.9 Å². The first-order chi connectivity index (χ1) is 14.0. The molecule has 29 heavy (non-hydrogen) atoms. The van der Waals surface area contributed by atoms with Crippen molar-refractivity contribution < 1.29 is 9.59 Å². The van der Waals surface area contributed by atoms with Crippen molar-refractivity contribution in [1.82, 2.24) is 4.98 Å². The van der Waals surface area contributed by atoms with Crippen molar-refractivity contribution >= 4 is 44.2 Å². The highest BCUT2D eigenvalue weighted by molar-refractivity contribution is 7.22. The van der Waals surface area contributed by atoms with E-state index in [4.69, 9.17) is 0 Å². The number of thiazole rings is 1. The van der Waals surface area contributed by atoms with E-state index in [9.17, 15) is 9.59 Å². The fourth-order valence-electron chi connectivity index (χ4n) is 3.02. The molecule has 0 saturated heterocycles. The van der Waals surface area contributed by atoms with Gasteiger partial charge in [0, 0.05) is 5.56 Å². The highest BCUT2D eigenvalue weighted by Crippen LogP contribution is 2.27. The second kappa shape index (κ2) is 7.85. The number of para-hydroxylation sites is 1. The van der Waals surface area contributed by atoms with Gasteiger partial charge >= 0.3 is 0 Å². The van der Waals surface area contributed by atoms with Crippen molar-refractivity contribution in [3.8, 4) is 0 Å². The lowest BCUT2D eigenvalue weighted by Crippen LogP contribution is -2.18. The minimum atomic E-state index is -0.319. The Bertz CT molecular complexity index is 1230. The number of carbonyl (C=O) groups is 2. The number of rotatable bonds is 4. The number of carbonyl (C=O) groups excluding carboxylic acids is 2. The molecule has 0 unspecified atom stereocenters. The lowest BCUT2D eigenvalue weighted by atomic mass is 10.1. The van der Waals surface area contributed by atoms with Gasteiger partial charge in [0.1, 0.15) is 0 Å². The Hall–Kier alpha value is -3.51. The summed E-state index contributed by atoms with van der Waals surface area (Å²) in [5.41, 5.74) is 4.36. The van der Waals surface area contributed by atoms with Crippen LogP contribution in [0, 0.1) is 13.8 Å². The van der Waals surface area contributed by atoms with Gasteiger partial charge in [0.2, 0.25) is 0 Å². The topological polar surface area (TPSA) is 71.1 Å². The summed E-state index contributed by atoms with van der Waals surface area (Å²) < 4.78 is 1.02. The molecule has 0 aliphatic heterocycles. The third kappa shape index (κ3) is 4.17. The van der Waals surface area contributed by atoms with E-state index >= 15 is 0 Å². The maximum absolute atomic E-state index is 12.9. The van der Waals surface area contributed by atoms with Crippen molar-refractivity contribution in [2.45, 2.75) is 13.8 Å². The molecule has 4 rings (SSSR count). The molecule has 0 aliphatic carbocycles. The summed E-state index contributed by atoms with van der Waals surface area (Å²) in [6.45, 7) is 3.95. The largest absolute Gasteiger partial charge is 0.321 e. The average Bonchev–Trinajstić information content (AvgIpc) is 3.09. The van der Waals surface area contributed by atoms with Crippen LogP contribution in [0.1, 0.15) is 31.8 Å². The summed E-state index contributed by atoms with van der Waals surface area (Å²) in [7, 11) is 0. The maximum atomic E-state index is 12.9. The first-order valence-corrected chi connectivity index (χ1v) is 9.97. The second-order valence-corrected chi connectivity index (χ2v) is 7.84. The molecular formula is C23H19N3O2S. The highest BCUT2D eigenvalue weighted by atomic mass is 32.1. The van der Waals surface area contributed by atoms with Gasteiger partial charge in [0.05, 0.1) is 21.5 Å². The van der Waals surface area contributed by atoms with Gasteiger partial charge in [-0.25, -0.2) is 4.98 Å². The van der Waals surface area contributed by atoms with E-state index in [2.05, 4.69) is 15.6 Å². The molecule has 2 N–H and O–H groups in total. The minimum Gasteiger partial charge on any atom is -0.321 e. The quantitative estimate of drug-likeness (QED) is 0.480. The number of hydrogen-bond acceptors (Lipinski definition) is 4. The molecule has 0 aliphatic rings. The smallest absolute Gasteiger partial charge is 0.259 e. The van der Waals surface area contributed by atoms with Crippen LogP contribution >= 0.6 is 11.3 Å². The van der Waals surface area contributed by atoms with Crippen molar-refractivity contribution in [3.05, 3.63) is 89.0 Å². The van der Waals surface area contributed by atoms with Crippen molar-refractivity contribution in [3.63, 3.8) is 0 Å². The van der Waals surface area contributed by atoms with Gasteiger partial charge in [-0.15, -0.1) is 0 Å². The van der Waals surface area contributed by atoms with Gasteiger partial charge in [-0.2, -0.15) is 0 Å². The van der Waals surface area contributed by atoms with Gasteiger partial charge in [-0.05, 0) is 55.8 Å². The van der Waals surface area contributed by atoms with Gasteiger partial charge in [-0.1, -0.05) is 47.2 Å². The predicted octanol–water partition coefficient (Wildman–Crippen LogP) is 5.42. The Morgan fingerprint density at radius 2 is 1.62 bits per heavy atom. The van der Waals surface area contributed by atoms with E-state index in [1.54, 1.807) is 36.4 Å². The van der Waals surface area contributed by atoms with Crippen LogP contribution in [0.3, 0.4) is 0 Å². The number of anilines is 2. The summed E-state index contributed by atoms with van der Waals surface area (Å²) in [4.78, 5) is 29.9. The van der Waals surface area contributed by atoms with Gasteiger partial charge in [0.25, 0.3) is 11.8 Å². The van der Waals surface area contributed by atoms with Crippen molar-refractivity contribution in [2.75, 3.05) is 10.6 Å². The Balaban J connectivity index is 1.56. The molecular weight excluding hydrogens is 382 g/mol. The average molecular weight is 401 g/mol. The second-order valence-electron chi connectivity index (χ2n) is 6.81. The number of fused-ring (bicyclic) bond motifs is 1. The Labute approximate surface area is 172 Å². The van der Waals surface area contributed by atoms with E-state index in [0.717, 1.165) is 21.3 Å². The van der Waals surface area contributed by atoms with Crippen molar-refractivity contribution in [2.24, 2.45) is 0 Å². The minimum absolute atomic E-state index is 0.260. The van der Waals surface area contributed by atoms with E-state index in [-0.39, 0.29) is 11.8 Å². The molecule has 1 heterocycles. The highest BCUT2D eigenvalue weighted by Gasteiger charge is 2.16. The van der Waals surface area contributed by atoms with Crippen LogP contribution in [-0.4, -0.2) is 16.8 Å². The molecule has 2 amide bonds. The summed E-state index contributed by atoms with van der Waals surface area (Å²) in [6.07, 6.45) is 0. The molecule has 144 valence electrons. The zero-order valence-corrected chi connectivity index (χ0v) is 16.8. The zero-order valence-electron chi connectivity index (χ0n) is 16.0. The number of hydrogen-bond donors (Lipinski definition) is 2. The lowest BCUT2D eigenvalue weighted by molar-refractivity contribution is 0.102.